The van der Waals surface area contributed by atoms with Crippen LogP contribution >= 0.6 is 0 Å². The van der Waals surface area contributed by atoms with Gasteiger partial charge >= 0.3 is 0 Å². The number of nitro groups is 1. The van der Waals surface area contributed by atoms with Crippen LogP contribution in [0.2, 0.25) is 0 Å². The molecular weight excluding hydrogens is 340 g/mol. The number of nitrogens with zero attached hydrogens (tertiary/aromatic N) is 3. The molecule has 1 saturated heterocycles. The molecule has 2 atom stereocenters. The van der Waals surface area contributed by atoms with Crippen molar-refractivity contribution in [1.29, 1.82) is 0 Å². The Balaban J connectivity index is 1.82. The number of hydrogen-bond donors (Lipinski definition) is 4. The van der Waals surface area contributed by atoms with Gasteiger partial charge in [0.25, 0.3) is 11.6 Å². The molecule has 1 amide bonds. The van der Waals surface area contributed by atoms with E-state index in [0.717, 1.165) is 0 Å². The molecule has 1 fully saturated rings. The molecule has 3 rings (SSSR count). The van der Waals surface area contributed by atoms with Crippen LogP contribution in [0.5, 0.6) is 5.88 Å². The maximum Gasteiger partial charge on any atom is 0.282 e. The van der Waals surface area contributed by atoms with Crippen LogP contribution in [0.1, 0.15) is 27.2 Å². The zero-order valence-corrected chi connectivity index (χ0v) is 14.6. The minimum absolute atomic E-state index is 0.00428. The molecular formula is C16H20N6O4. The van der Waals surface area contributed by atoms with Crippen LogP contribution in [0.4, 0.5) is 11.4 Å². The highest BCUT2D eigenvalue weighted by Gasteiger charge is 2.35. The average molecular weight is 360 g/mol. The number of hydrazine groups is 1. The van der Waals surface area contributed by atoms with Crippen molar-refractivity contribution in [2.45, 2.75) is 39.3 Å². The summed E-state index contributed by atoms with van der Waals surface area (Å²) in [6.07, 6.45) is 0.562. The first-order valence-corrected chi connectivity index (χ1v) is 8.12. The molecule has 0 bridgehead atoms. The van der Waals surface area contributed by atoms with Crippen molar-refractivity contribution in [2.75, 3.05) is 0 Å². The van der Waals surface area contributed by atoms with Crippen molar-refractivity contribution < 1.29 is 14.8 Å². The number of carbonyl (C=O) groups is 1. The standard InChI is InChI=1S/C16H20N6O4/c1-16(2,3)12-7-11(18-19-12)14(23)21-20-13-9-6-8(22(25)26)4-5-10(9)17-15(13)24/h4-6,11-12,17-19,24H,7H2,1-3H3. The third kappa shape index (κ3) is 3.41. The maximum atomic E-state index is 12.3. The zero-order chi connectivity index (χ0) is 19.1. The van der Waals surface area contributed by atoms with Gasteiger partial charge in [-0.05, 0) is 17.9 Å². The Kier molecular flexibility index (Phi) is 4.46. The van der Waals surface area contributed by atoms with Gasteiger partial charge in [-0.15, -0.1) is 10.2 Å². The summed E-state index contributed by atoms with van der Waals surface area (Å²) in [5, 5.41) is 28.7. The van der Waals surface area contributed by atoms with Crippen LogP contribution in [0, 0.1) is 15.5 Å². The molecule has 0 radical (unpaired) electrons. The largest absolute Gasteiger partial charge is 0.493 e. The second kappa shape index (κ2) is 6.46. The molecule has 2 aromatic rings. The molecule has 0 aliphatic carbocycles. The molecule has 1 aromatic heterocycles. The van der Waals surface area contributed by atoms with Crippen LogP contribution in [0.15, 0.2) is 28.4 Å². The predicted octanol–water partition coefficient (Wildman–Crippen LogP) is 2.67. The lowest BCUT2D eigenvalue weighted by Crippen LogP contribution is -2.40. The highest BCUT2D eigenvalue weighted by molar-refractivity contribution is 5.96. The van der Waals surface area contributed by atoms with Gasteiger partial charge in [-0.25, -0.2) is 5.43 Å². The number of aromatic nitrogens is 1. The molecule has 26 heavy (non-hydrogen) atoms. The number of H-pyrrole nitrogens is 1. The van der Waals surface area contributed by atoms with Gasteiger partial charge in [-0.3, -0.25) is 20.3 Å². The third-order valence-electron chi connectivity index (χ3n) is 4.44. The summed E-state index contributed by atoms with van der Waals surface area (Å²) < 4.78 is 0. The lowest BCUT2D eigenvalue weighted by Gasteiger charge is -2.25. The number of rotatable bonds is 3. The molecule has 138 valence electrons. The Bertz CT molecular complexity index is 898. The number of aromatic hydroxyl groups is 1. The number of carbonyl (C=O) groups excluding carboxylic acids is 1. The summed E-state index contributed by atoms with van der Waals surface area (Å²) >= 11 is 0. The van der Waals surface area contributed by atoms with Gasteiger partial charge in [0, 0.05) is 23.6 Å². The van der Waals surface area contributed by atoms with Crippen molar-refractivity contribution in [1.82, 2.24) is 15.8 Å². The van der Waals surface area contributed by atoms with E-state index in [4.69, 9.17) is 0 Å². The van der Waals surface area contributed by atoms with Crippen molar-refractivity contribution in [2.24, 2.45) is 15.6 Å². The molecule has 10 heteroatoms. The Morgan fingerprint density at radius 1 is 1.35 bits per heavy atom. The number of nitrogens with one attached hydrogen (secondary N) is 3. The van der Waals surface area contributed by atoms with Gasteiger partial charge < -0.3 is 10.1 Å². The smallest absolute Gasteiger partial charge is 0.282 e. The molecule has 1 aliphatic heterocycles. The summed E-state index contributed by atoms with van der Waals surface area (Å²) in [5.74, 6) is -0.787. The van der Waals surface area contributed by atoms with E-state index in [1.54, 1.807) is 0 Å². The SMILES string of the molecule is CC(C)(C)C1CC(C(=O)N=Nc2c(O)[nH]c3ccc([N+](=O)[O-])cc23)NN1. The Labute approximate surface area is 148 Å². The first kappa shape index (κ1) is 18.0. The van der Waals surface area contributed by atoms with E-state index in [-0.39, 0.29) is 28.7 Å². The van der Waals surface area contributed by atoms with Crippen LogP contribution in [0.25, 0.3) is 10.9 Å². The molecule has 0 spiro atoms. The molecule has 2 unspecified atom stereocenters. The Morgan fingerprint density at radius 2 is 2.08 bits per heavy atom. The lowest BCUT2D eigenvalue weighted by molar-refractivity contribution is -0.384. The number of non-ortho nitro benzene ring substituents is 1. The lowest BCUT2D eigenvalue weighted by atomic mass is 9.84. The number of azo groups is 1. The predicted molar refractivity (Wildman–Crippen MR) is 94.1 cm³/mol. The van der Waals surface area contributed by atoms with Gasteiger partial charge in [-0.2, -0.15) is 0 Å². The second-order valence-corrected chi connectivity index (χ2v) is 7.34. The number of amides is 1. The van der Waals surface area contributed by atoms with Crippen molar-refractivity contribution in [3.8, 4) is 5.88 Å². The van der Waals surface area contributed by atoms with Crippen molar-refractivity contribution in [3.63, 3.8) is 0 Å². The number of hydrogen-bond acceptors (Lipinski definition) is 7. The highest BCUT2D eigenvalue weighted by atomic mass is 16.6. The Hall–Kier alpha value is -2.85. The maximum absolute atomic E-state index is 12.3. The summed E-state index contributed by atoms with van der Waals surface area (Å²) in [6, 6.07) is 3.63. The van der Waals surface area contributed by atoms with Gasteiger partial charge in [0.15, 0.2) is 5.69 Å². The summed E-state index contributed by atoms with van der Waals surface area (Å²) in [5.41, 5.74) is 6.28. The van der Waals surface area contributed by atoms with E-state index in [0.29, 0.717) is 17.3 Å². The third-order valence-corrected chi connectivity index (χ3v) is 4.44. The molecule has 4 N–H and O–H groups in total. The molecule has 1 aromatic carbocycles. The fraction of sp³-hybridized carbons (Fsp3) is 0.438. The van der Waals surface area contributed by atoms with Crippen LogP contribution in [-0.4, -0.2) is 33.0 Å². The fourth-order valence-electron chi connectivity index (χ4n) is 2.82. The second-order valence-electron chi connectivity index (χ2n) is 7.34. The molecule has 2 heterocycles. The number of aromatic amines is 1. The van der Waals surface area contributed by atoms with E-state index in [1.807, 2.05) is 0 Å². The van der Waals surface area contributed by atoms with Crippen LogP contribution in [0.3, 0.4) is 0 Å². The first-order chi connectivity index (χ1) is 12.2. The number of fused-ring (bicyclic) bond motifs is 1. The van der Waals surface area contributed by atoms with Crippen molar-refractivity contribution in [3.05, 3.63) is 28.3 Å². The molecule has 0 saturated carbocycles. The van der Waals surface area contributed by atoms with E-state index in [1.165, 1.54) is 18.2 Å². The number of benzene rings is 1. The van der Waals surface area contributed by atoms with Crippen LogP contribution < -0.4 is 10.9 Å². The van der Waals surface area contributed by atoms with E-state index >= 15 is 0 Å². The topological polar surface area (TPSA) is 145 Å². The minimum atomic E-state index is -0.545. The summed E-state index contributed by atoms with van der Waals surface area (Å²) in [4.78, 5) is 25.3. The highest BCUT2D eigenvalue weighted by Crippen LogP contribution is 2.37. The first-order valence-electron chi connectivity index (χ1n) is 8.12. The van der Waals surface area contributed by atoms with Gasteiger partial charge in [0.05, 0.1) is 10.4 Å². The molecule has 1 aliphatic rings. The van der Waals surface area contributed by atoms with Gasteiger partial charge in [0.2, 0.25) is 5.88 Å². The van der Waals surface area contributed by atoms with E-state index < -0.39 is 16.9 Å². The van der Waals surface area contributed by atoms with E-state index in [9.17, 15) is 20.0 Å². The van der Waals surface area contributed by atoms with E-state index in [2.05, 4.69) is 46.8 Å². The van der Waals surface area contributed by atoms with Crippen molar-refractivity contribution >= 4 is 28.2 Å². The number of nitro benzene ring substituents is 1. The minimum Gasteiger partial charge on any atom is -0.493 e. The molecule has 10 nitrogen and oxygen atoms in total. The quantitative estimate of drug-likeness (QED) is 0.376. The summed E-state index contributed by atoms with van der Waals surface area (Å²) in [7, 11) is 0. The zero-order valence-electron chi connectivity index (χ0n) is 14.6. The summed E-state index contributed by atoms with van der Waals surface area (Å²) in [6.45, 7) is 6.20. The van der Waals surface area contributed by atoms with Crippen LogP contribution in [-0.2, 0) is 4.79 Å². The van der Waals surface area contributed by atoms with Gasteiger partial charge in [0.1, 0.15) is 6.04 Å². The monoisotopic (exact) mass is 360 g/mol. The normalized spacial score (nSPS) is 20.9. The Morgan fingerprint density at radius 3 is 2.69 bits per heavy atom. The average Bonchev–Trinajstić information content (AvgIpc) is 3.16. The van der Waals surface area contributed by atoms with Gasteiger partial charge in [-0.1, -0.05) is 20.8 Å². The fourth-order valence-corrected chi connectivity index (χ4v) is 2.82.